The van der Waals surface area contributed by atoms with Gasteiger partial charge in [-0.2, -0.15) is 0 Å². The minimum atomic E-state index is 0.415. The second kappa shape index (κ2) is 7.48. The highest BCUT2D eigenvalue weighted by atomic mass is 35.5. The lowest BCUT2D eigenvalue weighted by Crippen LogP contribution is -2.23. The van der Waals surface area contributed by atoms with Crippen molar-refractivity contribution >= 4 is 17.4 Å². The lowest BCUT2D eigenvalue weighted by Gasteiger charge is -2.11. The van der Waals surface area contributed by atoms with Gasteiger partial charge in [-0.25, -0.2) is 4.98 Å². The molecule has 1 rings (SSSR count). The SMILES string of the molecule is COCCNc1ccc(Cl)c(CNC(C)C)n1. The Bertz CT molecular complexity index is 345. The van der Waals surface area contributed by atoms with Crippen LogP contribution in [0.3, 0.4) is 0 Å². The smallest absolute Gasteiger partial charge is 0.126 e. The number of pyridine rings is 1. The molecule has 0 saturated heterocycles. The quantitative estimate of drug-likeness (QED) is 0.736. The van der Waals surface area contributed by atoms with Crippen LogP contribution in [0.25, 0.3) is 0 Å². The molecule has 0 aliphatic carbocycles. The Hall–Kier alpha value is -0.840. The summed E-state index contributed by atoms with van der Waals surface area (Å²) in [6.45, 7) is 6.26. The number of nitrogens with zero attached hydrogens (tertiary/aromatic N) is 1. The van der Waals surface area contributed by atoms with E-state index in [9.17, 15) is 0 Å². The summed E-state index contributed by atoms with van der Waals surface area (Å²) in [5.41, 5.74) is 0.864. The van der Waals surface area contributed by atoms with E-state index in [1.807, 2.05) is 12.1 Å². The Morgan fingerprint density at radius 1 is 1.41 bits per heavy atom. The number of methoxy groups -OCH3 is 1. The number of ether oxygens (including phenoxy) is 1. The number of hydrogen-bond donors (Lipinski definition) is 2. The van der Waals surface area contributed by atoms with Gasteiger partial charge in [-0.1, -0.05) is 25.4 Å². The molecule has 0 amide bonds. The third-order valence-electron chi connectivity index (χ3n) is 2.21. The van der Waals surface area contributed by atoms with E-state index in [4.69, 9.17) is 16.3 Å². The summed E-state index contributed by atoms with van der Waals surface area (Å²) in [5.74, 6) is 0.826. The standard InChI is InChI=1S/C12H20ClN3O/c1-9(2)15-8-11-10(13)4-5-12(16-11)14-6-7-17-3/h4-5,9,15H,6-8H2,1-3H3,(H,14,16). The van der Waals surface area contributed by atoms with Gasteiger partial charge in [0.25, 0.3) is 0 Å². The van der Waals surface area contributed by atoms with Gasteiger partial charge in [0.15, 0.2) is 0 Å². The second-order valence-corrected chi connectivity index (χ2v) is 4.49. The molecule has 0 radical (unpaired) electrons. The molecule has 0 saturated carbocycles. The summed E-state index contributed by atoms with van der Waals surface area (Å²) in [4.78, 5) is 4.45. The maximum absolute atomic E-state index is 6.09. The van der Waals surface area contributed by atoms with Crippen LogP contribution in [0.5, 0.6) is 0 Å². The van der Waals surface area contributed by atoms with E-state index >= 15 is 0 Å². The number of nitrogens with one attached hydrogen (secondary N) is 2. The molecule has 0 atom stereocenters. The first-order chi connectivity index (χ1) is 8.13. The van der Waals surface area contributed by atoms with Crippen molar-refractivity contribution in [2.24, 2.45) is 0 Å². The molecular formula is C12H20ClN3O. The molecule has 0 aromatic carbocycles. The molecule has 0 aliphatic rings. The van der Waals surface area contributed by atoms with Gasteiger partial charge in [-0.15, -0.1) is 0 Å². The largest absolute Gasteiger partial charge is 0.383 e. The van der Waals surface area contributed by atoms with Gasteiger partial charge in [0, 0.05) is 26.2 Å². The zero-order valence-corrected chi connectivity index (χ0v) is 11.3. The van der Waals surface area contributed by atoms with Crippen LogP contribution in [0, 0.1) is 0 Å². The Morgan fingerprint density at radius 3 is 2.82 bits per heavy atom. The monoisotopic (exact) mass is 257 g/mol. The van der Waals surface area contributed by atoms with Crippen molar-refractivity contribution in [3.8, 4) is 0 Å². The Balaban J connectivity index is 2.59. The molecule has 96 valence electrons. The molecule has 17 heavy (non-hydrogen) atoms. The molecule has 0 aliphatic heterocycles. The first kappa shape index (κ1) is 14.2. The molecule has 2 N–H and O–H groups in total. The highest BCUT2D eigenvalue weighted by molar-refractivity contribution is 6.31. The van der Waals surface area contributed by atoms with Crippen LogP contribution in [-0.4, -0.2) is 31.3 Å². The molecule has 0 unspecified atom stereocenters. The van der Waals surface area contributed by atoms with Crippen molar-refractivity contribution in [1.29, 1.82) is 0 Å². The molecule has 0 bridgehead atoms. The van der Waals surface area contributed by atoms with Crippen molar-refractivity contribution in [3.63, 3.8) is 0 Å². The first-order valence-corrected chi connectivity index (χ1v) is 6.13. The highest BCUT2D eigenvalue weighted by Crippen LogP contribution is 2.16. The number of anilines is 1. The minimum absolute atomic E-state index is 0.415. The van der Waals surface area contributed by atoms with E-state index in [0.717, 1.165) is 18.1 Å². The summed E-state index contributed by atoms with van der Waals surface area (Å²) in [7, 11) is 1.68. The summed E-state index contributed by atoms with van der Waals surface area (Å²) in [5, 5.41) is 7.17. The van der Waals surface area contributed by atoms with E-state index in [1.165, 1.54) is 0 Å². The van der Waals surface area contributed by atoms with Gasteiger partial charge in [0.1, 0.15) is 5.82 Å². The van der Waals surface area contributed by atoms with Gasteiger partial charge in [-0.3, -0.25) is 0 Å². The van der Waals surface area contributed by atoms with E-state index in [2.05, 4.69) is 29.5 Å². The first-order valence-electron chi connectivity index (χ1n) is 5.75. The Kier molecular flexibility index (Phi) is 6.26. The molecule has 0 spiro atoms. The van der Waals surface area contributed by atoms with Gasteiger partial charge in [-0.05, 0) is 12.1 Å². The lowest BCUT2D eigenvalue weighted by molar-refractivity contribution is 0.210. The van der Waals surface area contributed by atoms with Gasteiger partial charge in [0.2, 0.25) is 0 Å². The van der Waals surface area contributed by atoms with Crippen molar-refractivity contribution in [1.82, 2.24) is 10.3 Å². The number of halogens is 1. The molecule has 4 nitrogen and oxygen atoms in total. The Labute approximate surface area is 108 Å². The van der Waals surface area contributed by atoms with Crippen LogP contribution in [0.15, 0.2) is 12.1 Å². The zero-order valence-electron chi connectivity index (χ0n) is 10.6. The van der Waals surface area contributed by atoms with Gasteiger partial charge >= 0.3 is 0 Å². The summed E-state index contributed by atoms with van der Waals surface area (Å²) in [6, 6.07) is 4.15. The van der Waals surface area contributed by atoms with E-state index in [1.54, 1.807) is 7.11 Å². The topological polar surface area (TPSA) is 46.2 Å². The average molecular weight is 258 g/mol. The fourth-order valence-electron chi connectivity index (χ4n) is 1.29. The minimum Gasteiger partial charge on any atom is -0.383 e. The van der Waals surface area contributed by atoms with Crippen LogP contribution in [0.2, 0.25) is 5.02 Å². The van der Waals surface area contributed by atoms with E-state index < -0.39 is 0 Å². The average Bonchev–Trinajstić information content (AvgIpc) is 2.29. The van der Waals surface area contributed by atoms with Crippen molar-refractivity contribution in [2.45, 2.75) is 26.4 Å². The van der Waals surface area contributed by atoms with Crippen LogP contribution < -0.4 is 10.6 Å². The van der Waals surface area contributed by atoms with Crippen molar-refractivity contribution in [3.05, 3.63) is 22.8 Å². The molecule has 1 aromatic heterocycles. The predicted octanol–water partition coefficient (Wildman–Crippen LogP) is 2.29. The molecule has 1 heterocycles. The molecule has 1 aromatic rings. The Morgan fingerprint density at radius 2 is 2.18 bits per heavy atom. The van der Waals surface area contributed by atoms with Crippen molar-refractivity contribution in [2.75, 3.05) is 25.6 Å². The summed E-state index contributed by atoms with van der Waals surface area (Å²) >= 11 is 6.09. The fraction of sp³-hybridized carbons (Fsp3) is 0.583. The fourth-order valence-corrected chi connectivity index (χ4v) is 1.46. The van der Waals surface area contributed by atoms with Gasteiger partial charge < -0.3 is 15.4 Å². The molecule has 0 fully saturated rings. The van der Waals surface area contributed by atoms with E-state index in [0.29, 0.717) is 24.2 Å². The number of rotatable bonds is 7. The van der Waals surface area contributed by atoms with Crippen LogP contribution in [0.1, 0.15) is 19.5 Å². The predicted molar refractivity (Wildman–Crippen MR) is 71.6 cm³/mol. The third-order valence-corrected chi connectivity index (χ3v) is 2.55. The third kappa shape index (κ3) is 5.35. The summed E-state index contributed by atoms with van der Waals surface area (Å²) in [6.07, 6.45) is 0. The van der Waals surface area contributed by atoms with Crippen LogP contribution >= 0.6 is 11.6 Å². The maximum atomic E-state index is 6.09. The second-order valence-electron chi connectivity index (χ2n) is 4.08. The van der Waals surface area contributed by atoms with Crippen LogP contribution in [-0.2, 0) is 11.3 Å². The number of aromatic nitrogens is 1. The molecule has 5 heteroatoms. The normalized spacial score (nSPS) is 10.9. The van der Waals surface area contributed by atoms with E-state index in [-0.39, 0.29) is 0 Å². The number of hydrogen-bond acceptors (Lipinski definition) is 4. The zero-order chi connectivity index (χ0) is 12.7. The van der Waals surface area contributed by atoms with Crippen molar-refractivity contribution < 1.29 is 4.74 Å². The lowest BCUT2D eigenvalue weighted by atomic mass is 10.3. The highest BCUT2D eigenvalue weighted by Gasteiger charge is 2.04. The molecular weight excluding hydrogens is 238 g/mol. The van der Waals surface area contributed by atoms with Crippen LogP contribution in [0.4, 0.5) is 5.82 Å². The van der Waals surface area contributed by atoms with Gasteiger partial charge in [0.05, 0.1) is 17.3 Å². The summed E-state index contributed by atoms with van der Waals surface area (Å²) < 4.78 is 4.97. The maximum Gasteiger partial charge on any atom is 0.126 e.